The highest BCUT2D eigenvalue weighted by Gasteiger charge is 2.52. The average molecular weight is 461 g/mol. The Morgan fingerprint density at radius 1 is 1.16 bits per heavy atom. The Morgan fingerprint density at radius 3 is 2.22 bits per heavy atom. The Labute approximate surface area is 180 Å². The topological polar surface area (TPSA) is 68.5 Å². The number of hydrogen-bond donors (Lipinski definition) is 1. The lowest BCUT2D eigenvalue weighted by Gasteiger charge is -2.32. The number of alkyl halides is 6. The number of nitrogens with two attached hydrogens (primary N) is 1. The van der Waals surface area contributed by atoms with E-state index in [2.05, 4.69) is 4.98 Å². The summed E-state index contributed by atoms with van der Waals surface area (Å²) < 4.78 is 83.7. The molecule has 11 heteroatoms. The number of nitrogens with zero attached hydrogens (tertiary/aromatic N) is 2. The molecule has 3 unspecified atom stereocenters. The van der Waals surface area contributed by atoms with Crippen molar-refractivity contribution < 1.29 is 35.9 Å². The van der Waals surface area contributed by atoms with Gasteiger partial charge in [0.1, 0.15) is 24.5 Å². The Balaban J connectivity index is 1.83. The first-order chi connectivity index (χ1) is 14.9. The van der Waals surface area contributed by atoms with Crippen LogP contribution in [-0.4, -0.2) is 46.8 Å². The number of carbonyl (C=O) groups is 1. The molecule has 0 bridgehead atoms. The lowest BCUT2D eigenvalue weighted by Crippen LogP contribution is -2.51. The second-order valence-electron chi connectivity index (χ2n) is 7.83. The van der Waals surface area contributed by atoms with Crippen molar-refractivity contribution >= 4 is 5.91 Å². The van der Waals surface area contributed by atoms with Gasteiger partial charge in [0, 0.05) is 11.8 Å². The number of carbonyl (C=O) groups excluding carboxylic acids is 1. The Bertz CT molecular complexity index is 948. The number of benzene rings is 1. The average Bonchev–Trinajstić information content (AvgIpc) is 3.02. The first-order valence-corrected chi connectivity index (χ1v) is 9.60. The molecule has 0 saturated carbocycles. The number of ether oxygens (including phenoxy) is 1. The summed E-state index contributed by atoms with van der Waals surface area (Å²) in [5.74, 6) is -1.51. The Morgan fingerprint density at radius 2 is 1.75 bits per heavy atom. The Hall–Kier alpha value is -2.66. The van der Waals surface area contributed by atoms with Crippen LogP contribution in [0.4, 0.5) is 26.3 Å². The first-order valence-electron chi connectivity index (χ1n) is 9.60. The van der Waals surface area contributed by atoms with E-state index in [1.165, 1.54) is 32.2 Å². The van der Waals surface area contributed by atoms with Gasteiger partial charge in [-0.2, -0.15) is 22.0 Å². The van der Waals surface area contributed by atoms with Gasteiger partial charge >= 0.3 is 12.6 Å². The normalized spacial score (nSPS) is 21.8. The lowest BCUT2D eigenvalue weighted by atomic mass is 9.99. The molecular weight excluding hydrogens is 440 g/mol. The maximum absolute atomic E-state index is 13.8. The summed E-state index contributed by atoms with van der Waals surface area (Å²) in [5, 5.41) is 0. The van der Waals surface area contributed by atoms with Gasteiger partial charge in [-0.25, -0.2) is 4.39 Å². The predicted octanol–water partition coefficient (Wildman–Crippen LogP) is 4.55. The molecule has 1 aliphatic heterocycles. The number of aromatic nitrogens is 1. The molecule has 1 aromatic carbocycles. The fraction of sp³-hybridized carbons (Fsp3) is 0.429. The number of hydrogen-bond acceptors (Lipinski definition) is 4. The first kappa shape index (κ1) is 24.0. The molecule has 2 aromatic rings. The van der Waals surface area contributed by atoms with Crippen molar-refractivity contribution in [2.75, 3.05) is 6.67 Å². The van der Waals surface area contributed by atoms with E-state index in [1.54, 1.807) is 24.3 Å². The third-order valence-corrected chi connectivity index (χ3v) is 5.29. The zero-order chi connectivity index (χ0) is 23.8. The smallest absolute Gasteiger partial charge is 0.346 e. The van der Waals surface area contributed by atoms with E-state index in [1.807, 2.05) is 0 Å². The molecule has 3 rings (SSSR count). The summed E-state index contributed by atoms with van der Waals surface area (Å²) in [6.07, 6.45) is -7.64. The molecule has 2 N–H and O–H groups in total. The zero-order valence-electron chi connectivity index (χ0n) is 17.1. The van der Waals surface area contributed by atoms with Gasteiger partial charge in [0.25, 0.3) is 5.91 Å². The van der Waals surface area contributed by atoms with E-state index < -0.39 is 49.1 Å². The van der Waals surface area contributed by atoms with Crippen LogP contribution < -0.4 is 5.73 Å². The monoisotopic (exact) mass is 461 g/mol. The van der Waals surface area contributed by atoms with Crippen LogP contribution in [0.15, 0.2) is 42.6 Å². The predicted molar refractivity (Wildman–Crippen MR) is 103 cm³/mol. The SMILES string of the molecule is CC1(C)OC(c2ccc(-c3ccc(C(N)C(F)(F)F)nc3)cc2)C(CF)N1C(=O)C(F)F. The van der Waals surface area contributed by atoms with Gasteiger partial charge in [0.2, 0.25) is 0 Å². The fourth-order valence-corrected chi connectivity index (χ4v) is 3.75. The third-order valence-electron chi connectivity index (χ3n) is 5.29. The van der Waals surface area contributed by atoms with Gasteiger partial charge in [-0.3, -0.25) is 9.78 Å². The number of halogens is 6. The molecule has 1 saturated heterocycles. The van der Waals surface area contributed by atoms with Crippen molar-refractivity contribution in [1.29, 1.82) is 0 Å². The molecule has 1 fully saturated rings. The van der Waals surface area contributed by atoms with Gasteiger partial charge in [-0.15, -0.1) is 0 Å². The van der Waals surface area contributed by atoms with Crippen LogP contribution >= 0.6 is 0 Å². The van der Waals surface area contributed by atoms with Gasteiger partial charge in [-0.1, -0.05) is 30.3 Å². The fourth-order valence-electron chi connectivity index (χ4n) is 3.75. The largest absolute Gasteiger partial charge is 0.409 e. The van der Waals surface area contributed by atoms with Gasteiger partial charge in [0.15, 0.2) is 0 Å². The summed E-state index contributed by atoms with van der Waals surface area (Å²) in [6, 6.07) is 5.55. The molecule has 0 spiro atoms. The molecule has 174 valence electrons. The van der Waals surface area contributed by atoms with Crippen LogP contribution in [0.1, 0.15) is 37.3 Å². The number of amides is 1. The molecule has 2 heterocycles. The summed E-state index contributed by atoms with van der Waals surface area (Å²) in [5.41, 5.74) is 4.95. The summed E-state index contributed by atoms with van der Waals surface area (Å²) in [6.45, 7) is 1.73. The van der Waals surface area contributed by atoms with Crippen molar-refractivity contribution in [2.24, 2.45) is 5.73 Å². The number of pyridine rings is 1. The molecule has 1 aromatic heterocycles. The van der Waals surface area contributed by atoms with Crippen molar-refractivity contribution in [3.63, 3.8) is 0 Å². The Kier molecular flexibility index (Phi) is 6.52. The van der Waals surface area contributed by atoms with E-state index in [0.717, 1.165) is 4.90 Å². The third kappa shape index (κ3) is 4.58. The van der Waals surface area contributed by atoms with E-state index in [0.29, 0.717) is 16.7 Å². The molecule has 1 aliphatic rings. The van der Waals surface area contributed by atoms with E-state index in [4.69, 9.17) is 10.5 Å². The second-order valence-corrected chi connectivity index (χ2v) is 7.83. The van der Waals surface area contributed by atoms with Crippen molar-refractivity contribution in [3.8, 4) is 11.1 Å². The maximum Gasteiger partial charge on any atom is 0.409 e. The maximum atomic E-state index is 13.8. The minimum atomic E-state index is -4.61. The molecule has 32 heavy (non-hydrogen) atoms. The van der Waals surface area contributed by atoms with Crippen molar-refractivity contribution in [3.05, 3.63) is 53.9 Å². The van der Waals surface area contributed by atoms with E-state index in [-0.39, 0.29) is 5.69 Å². The standard InChI is InChI=1S/C21H21F6N3O2/c1-20(2)30(19(31)18(23)24)15(9-22)16(32-20)12-5-3-11(4-6-12)13-7-8-14(29-10-13)17(28)21(25,26)27/h3-8,10,15-18H,9,28H2,1-2H3. The van der Waals surface area contributed by atoms with Crippen molar-refractivity contribution in [1.82, 2.24) is 9.88 Å². The molecule has 0 aliphatic carbocycles. The van der Waals surface area contributed by atoms with Crippen molar-refractivity contribution in [2.45, 2.75) is 50.4 Å². The summed E-state index contributed by atoms with van der Waals surface area (Å²) >= 11 is 0. The quantitative estimate of drug-likeness (QED) is 0.664. The molecule has 3 atom stereocenters. The minimum Gasteiger partial charge on any atom is -0.346 e. The summed E-state index contributed by atoms with van der Waals surface area (Å²) in [7, 11) is 0. The van der Waals surface area contributed by atoms with Gasteiger partial charge in [0.05, 0.1) is 11.7 Å². The van der Waals surface area contributed by atoms with Crippen LogP contribution in [0.5, 0.6) is 0 Å². The van der Waals surface area contributed by atoms with Crippen LogP contribution in [-0.2, 0) is 9.53 Å². The van der Waals surface area contributed by atoms with Crippen LogP contribution in [0.2, 0.25) is 0 Å². The molecule has 0 radical (unpaired) electrons. The second kappa shape index (κ2) is 8.70. The highest BCUT2D eigenvalue weighted by atomic mass is 19.4. The summed E-state index contributed by atoms with van der Waals surface area (Å²) in [4.78, 5) is 16.4. The van der Waals surface area contributed by atoms with Crippen LogP contribution in [0, 0.1) is 0 Å². The zero-order valence-corrected chi connectivity index (χ0v) is 17.1. The van der Waals surface area contributed by atoms with Gasteiger partial charge < -0.3 is 15.4 Å². The minimum absolute atomic E-state index is 0.325. The molecule has 5 nitrogen and oxygen atoms in total. The highest BCUT2D eigenvalue weighted by Crippen LogP contribution is 2.42. The van der Waals surface area contributed by atoms with E-state index in [9.17, 15) is 31.1 Å². The molecule has 1 amide bonds. The van der Waals surface area contributed by atoms with Crippen LogP contribution in [0.3, 0.4) is 0 Å². The lowest BCUT2D eigenvalue weighted by molar-refractivity contribution is -0.159. The molecular formula is C21H21F6N3O2. The van der Waals surface area contributed by atoms with Gasteiger partial charge in [-0.05, 0) is 31.0 Å². The van der Waals surface area contributed by atoms with Crippen LogP contribution in [0.25, 0.3) is 11.1 Å². The number of rotatable bonds is 5. The van der Waals surface area contributed by atoms with E-state index >= 15 is 0 Å². The highest BCUT2D eigenvalue weighted by molar-refractivity contribution is 5.80.